The summed E-state index contributed by atoms with van der Waals surface area (Å²) >= 11 is 0. The summed E-state index contributed by atoms with van der Waals surface area (Å²) in [6.45, 7) is 0.550. The van der Waals surface area contributed by atoms with Crippen LogP contribution in [0.3, 0.4) is 0 Å². The van der Waals surface area contributed by atoms with Gasteiger partial charge in [-0.05, 0) is 30.0 Å². The Morgan fingerprint density at radius 2 is 2.21 bits per heavy atom. The molecular formula is C12H15NO. The highest BCUT2D eigenvalue weighted by Crippen LogP contribution is 2.45. The van der Waals surface area contributed by atoms with Crippen LogP contribution in [0.1, 0.15) is 24.0 Å². The van der Waals surface area contributed by atoms with Gasteiger partial charge in [-0.25, -0.2) is 0 Å². The fourth-order valence-electron chi connectivity index (χ4n) is 1.54. The predicted octanol–water partition coefficient (Wildman–Crippen LogP) is 1.64. The molecule has 1 aliphatic rings. The van der Waals surface area contributed by atoms with E-state index in [-0.39, 0.29) is 0 Å². The maximum Gasteiger partial charge on any atom is 0.0899 e. The van der Waals surface area contributed by atoms with Gasteiger partial charge in [-0.2, -0.15) is 0 Å². The van der Waals surface area contributed by atoms with E-state index in [4.69, 9.17) is 5.73 Å². The number of benzene rings is 1. The molecule has 0 atom stereocenters. The van der Waals surface area contributed by atoms with Crippen LogP contribution < -0.4 is 5.73 Å². The molecule has 0 radical (unpaired) electrons. The molecule has 0 amide bonds. The lowest BCUT2D eigenvalue weighted by Crippen LogP contribution is -2.03. The zero-order chi connectivity index (χ0) is 10.0. The summed E-state index contributed by atoms with van der Waals surface area (Å²) in [6.07, 6.45) is 5.67. The van der Waals surface area contributed by atoms with Gasteiger partial charge >= 0.3 is 0 Å². The van der Waals surface area contributed by atoms with E-state index in [9.17, 15) is 5.11 Å². The minimum Gasteiger partial charge on any atom is -0.385 e. The highest BCUT2D eigenvalue weighted by atomic mass is 16.3. The highest BCUT2D eigenvalue weighted by Gasteiger charge is 2.41. The molecule has 2 rings (SSSR count). The SMILES string of the molecule is NC/C=C/c1cccc(C2(O)CC2)c1. The summed E-state index contributed by atoms with van der Waals surface area (Å²) in [7, 11) is 0. The number of hydrogen-bond acceptors (Lipinski definition) is 2. The van der Waals surface area contributed by atoms with Gasteiger partial charge in [-0.15, -0.1) is 0 Å². The fraction of sp³-hybridized carbons (Fsp3) is 0.333. The van der Waals surface area contributed by atoms with Gasteiger partial charge in [0.15, 0.2) is 0 Å². The van der Waals surface area contributed by atoms with Crippen LogP contribution in [0.25, 0.3) is 6.08 Å². The molecule has 1 aromatic rings. The zero-order valence-corrected chi connectivity index (χ0v) is 8.11. The molecule has 0 spiro atoms. The Morgan fingerprint density at radius 1 is 1.43 bits per heavy atom. The van der Waals surface area contributed by atoms with E-state index >= 15 is 0 Å². The van der Waals surface area contributed by atoms with E-state index in [2.05, 4.69) is 0 Å². The minimum absolute atomic E-state index is 0.535. The van der Waals surface area contributed by atoms with Crippen LogP contribution in [-0.2, 0) is 5.60 Å². The number of hydrogen-bond donors (Lipinski definition) is 2. The van der Waals surface area contributed by atoms with Gasteiger partial charge in [-0.1, -0.05) is 30.4 Å². The predicted molar refractivity (Wildman–Crippen MR) is 57.7 cm³/mol. The molecule has 1 aromatic carbocycles. The van der Waals surface area contributed by atoms with Crippen molar-refractivity contribution in [3.05, 3.63) is 41.5 Å². The molecule has 0 aliphatic heterocycles. The summed E-state index contributed by atoms with van der Waals surface area (Å²) in [6, 6.07) is 8.00. The average molecular weight is 189 g/mol. The third-order valence-corrected chi connectivity index (χ3v) is 2.59. The van der Waals surface area contributed by atoms with Crippen molar-refractivity contribution in [1.82, 2.24) is 0 Å². The van der Waals surface area contributed by atoms with Gasteiger partial charge in [0.2, 0.25) is 0 Å². The Kier molecular flexibility index (Phi) is 2.40. The van der Waals surface area contributed by atoms with E-state index in [1.54, 1.807) is 0 Å². The maximum absolute atomic E-state index is 9.90. The van der Waals surface area contributed by atoms with Crippen molar-refractivity contribution in [2.24, 2.45) is 5.73 Å². The molecule has 2 nitrogen and oxygen atoms in total. The second-order valence-electron chi connectivity index (χ2n) is 3.80. The molecule has 2 heteroatoms. The normalized spacial score (nSPS) is 18.7. The molecule has 0 heterocycles. The summed E-state index contributed by atoms with van der Waals surface area (Å²) in [5.74, 6) is 0. The number of aliphatic hydroxyl groups is 1. The molecule has 0 bridgehead atoms. The maximum atomic E-state index is 9.90. The summed E-state index contributed by atoms with van der Waals surface area (Å²) in [5.41, 5.74) is 6.97. The molecule has 0 aromatic heterocycles. The standard InChI is InChI=1S/C12H15NO/c13-8-2-4-10-3-1-5-11(9-10)12(14)6-7-12/h1-5,9,14H,6-8,13H2/b4-2+. The third-order valence-electron chi connectivity index (χ3n) is 2.59. The Bertz CT molecular complexity index is 353. The van der Waals surface area contributed by atoms with E-state index in [0.717, 1.165) is 24.0 Å². The molecule has 14 heavy (non-hydrogen) atoms. The van der Waals surface area contributed by atoms with Crippen LogP contribution in [0, 0.1) is 0 Å². The Hall–Kier alpha value is -1.12. The second kappa shape index (κ2) is 3.56. The molecule has 0 unspecified atom stereocenters. The van der Waals surface area contributed by atoms with Gasteiger partial charge in [0.05, 0.1) is 5.60 Å². The first kappa shape index (κ1) is 9.44. The minimum atomic E-state index is -0.535. The van der Waals surface area contributed by atoms with Crippen molar-refractivity contribution in [3.63, 3.8) is 0 Å². The Balaban J connectivity index is 2.23. The largest absolute Gasteiger partial charge is 0.385 e. The Labute approximate surface area is 84.1 Å². The molecule has 0 saturated heterocycles. The van der Waals surface area contributed by atoms with Crippen molar-refractivity contribution in [1.29, 1.82) is 0 Å². The van der Waals surface area contributed by atoms with Crippen LogP contribution in [0.4, 0.5) is 0 Å². The molecule has 1 aliphatic carbocycles. The van der Waals surface area contributed by atoms with Crippen molar-refractivity contribution in [2.75, 3.05) is 6.54 Å². The smallest absolute Gasteiger partial charge is 0.0899 e. The lowest BCUT2D eigenvalue weighted by Gasteiger charge is -2.08. The molecule has 1 fully saturated rings. The lowest BCUT2D eigenvalue weighted by atomic mass is 10.0. The van der Waals surface area contributed by atoms with E-state index in [0.29, 0.717) is 6.54 Å². The number of nitrogens with two attached hydrogens (primary N) is 1. The van der Waals surface area contributed by atoms with Crippen molar-refractivity contribution in [2.45, 2.75) is 18.4 Å². The van der Waals surface area contributed by atoms with Crippen LogP contribution in [-0.4, -0.2) is 11.7 Å². The van der Waals surface area contributed by atoms with Crippen LogP contribution in [0.5, 0.6) is 0 Å². The van der Waals surface area contributed by atoms with Gasteiger partial charge in [-0.3, -0.25) is 0 Å². The quantitative estimate of drug-likeness (QED) is 0.759. The van der Waals surface area contributed by atoms with E-state index < -0.39 is 5.60 Å². The summed E-state index contributed by atoms with van der Waals surface area (Å²) < 4.78 is 0. The second-order valence-corrected chi connectivity index (χ2v) is 3.80. The van der Waals surface area contributed by atoms with Gasteiger partial charge in [0.25, 0.3) is 0 Å². The van der Waals surface area contributed by atoms with Crippen LogP contribution >= 0.6 is 0 Å². The van der Waals surface area contributed by atoms with E-state index in [1.165, 1.54) is 0 Å². The van der Waals surface area contributed by atoms with E-state index in [1.807, 2.05) is 36.4 Å². The molecule has 1 saturated carbocycles. The van der Waals surface area contributed by atoms with Crippen LogP contribution in [0.2, 0.25) is 0 Å². The molecule has 74 valence electrons. The molecular weight excluding hydrogens is 174 g/mol. The summed E-state index contributed by atoms with van der Waals surface area (Å²) in [4.78, 5) is 0. The topological polar surface area (TPSA) is 46.2 Å². The first-order chi connectivity index (χ1) is 6.74. The van der Waals surface area contributed by atoms with Crippen molar-refractivity contribution >= 4 is 6.08 Å². The van der Waals surface area contributed by atoms with Crippen molar-refractivity contribution in [3.8, 4) is 0 Å². The fourth-order valence-corrected chi connectivity index (χ4v) is 1.54. The zero-order valence-electron chi connectivity index (χ0n) is 8.11. The van der Waals surface area contributed by atoms with Gasteiger partial charge < -0.3 is 10.8 Å². The Morgan fingerprint density at radius 3 is 2.86 bits per heavy atom. The first-order valence-electron chi connectivity index (χ1n) is 4.94. The van der Waals surface area contributed by atoms with Gasteiger partial charge in [0, 0.05) is 6.54 Å². The summed E-state index contributed by atoms with van der Waals surface area (Å²) in [5, 5.41) is 9.90. The average Bonchev–Trinajstić information content (AvgIpc) is 2.95. The lowest BCUT2D eigenvalue weighted by molar-refractivity contribution is 0.151. The van der Waals surface area contributed by atoms with Crippen LogP contribution in [0.15, 0.2) is 30.3 Å². The van der Waals surface area contributed by atoms with Gasteiger partial charge in [0.1, 0.15) is 0 Å². The van der Waals surface area contributed by atoms with Crippen molar-refractivity contribution < 1.29 is 5.11 Å². The first-order valence-corrected chi connectivity index (χ1v) is 4.94. The highest BCUT2D eigenvalue weighted by molar-refractivity contribution is 5.51. The third kappa shape index (κ3) is 1.86. The monoisotopic (exact) mass is 189 g/mol. The molecule has 3 N–H and O–H groups in total. The number of rotatable bonds is 3.